The van der Waals surface area contributed by atoms with E-state index in [1.54, 1.807) is 17.0 Å². The van der Waals surface area contributed by atoms with Gasteiger partial charge in [0.1, 0.15) is 23.4 Å². The largest absolute Gasteiger partial charge is 0.573 e. The second-order valence-electron chi connectivity index (χ2n) is 9.87. The van der Waals surface area contributed by atoms with Crippen LogP contribution < -0.4 is 19.7 Å². The molecule has 5 rings (SSSR count). The van der Waals surface area contributed by atoms with Crippen LogP contribution in [0.25, 0.3) is 0 Å². The maximum atomic E-state index is 13.5. The van der Waals surface area contributed by atoms with Crippen molar-refractivity contribution in [1.82, 2.24) is 10.3 Å². The van der Waals surface area contributed by atoms with Crippen molar-refractivity contribution in [2.75, 3.05) is 25.1 Å². The van der Waals surface area contributed by atoms with Crippen LogP contribution in [-0.2, 0) is 16.5 Å². The van der Waals surface area contributed by atoms with Gasteiger partial charge in [0.25, 0.3) is 5.91 Å². The Morgan fingerprint density at radius 3 is 2.24 bits per heavy atom. The van der Waals surface area contributed by atoms with Gasteiger partial charge in [-0.25, -0.2) is 9.78 Å². The first-order chi connectivity index (χ1) is 19.8. The number of methoxy groups -OCH3 is 1. The summed E-state index contributed by atoms with van der Waals surface area (Å²) in [5.74, 6) is -1.65. The Labute approximate surface area is 235 Å². The van der Waals surface area contributed by atoms with E-state index in [0.717, 1.165) is 18.2 Å². The summed E-state index contributed by atoms with van der Waals surface area (Å²) < 4.78 is 92.4. The Hall–Kier alpha value is -4.49. The summed E-state index contributed by atoms with van der Waals surface area (Å²) >= 11 is 0. The van der Waals surface area contributed by atoms with Crippen molar-refractivity contribution >= 4 is 17.7 Å². The minimum absolute atomic E-state index is 0.00587. The number of nitrogens with zero attached hydrogens (tertiary/aromatic N) is 2. The smallest absolute Gasteiger partial charge is 0.487 e. The van der Waals surface area contributed by atoms with E-state index in [1.165, 1.54) is 31.4 Å². The minimum atomic E-state index is -4.87. The molecule has 8 nitrogen and oxygen atoms in total. The third kappa shape index (κ3) is 6.37. The fourth-order valence-electron chi connectivity index (χ4n) is 4.59. The summed E-state index contributed by atoms with van der Waals surface area (Å²) in [5.41, 5.74) is -1.22. The highest BCUT2D eigenvalue weighted by Crippen LogP contribution is 2.46. The molecule has 2 heterocycles. The van der Waals surface area contributed by atoms with Crippen molar-refractivity contribution in [2.24, 2.45) is 0 Å². The highest BCUT2D eigenvalue weighted by Gasteiger charge is 2.47. The number of pyridine rings is 1. The van der Waals surface area contributed by atoms with Gasteiger partial charge in [0.05, 0.1) is 42.4 Å². The molecule has 0 unspecified atom stereocenters. The number of nitrogens with one attached hydrogen (secondary N) is 1. The molecule has 0 radical (unpaired) electrons. The Bertz CT molecular complexity index is 1480. The molecule has 2 fully saturated rings. The third-order valence-corrected chi connectivity index (χ3v) is 6.89. The van der Waals surface area contributed by atoms with Gasteiger partial charge in [0, 0.05) is 12.3 Å². The number of aromatic nitrogens is 1. The first-order valence-electron chi connectivity index (χ1n) is 12.6. The maximum absolute atomic E-state index is 13.5. The molecular formula is C28H23F6N3O5. The molecule has 1 aliphatic heterocycles. The van der Waals surface area contributed by atoms with Gasteiger partial charge < -0.3 is 24.4 Å². The zero-order valence-electron chi connectivity index (χ0n) is 21.9. The van der Waals surface area contributed by atoms with E-state index in [1.807, 2.05) is 0 Å². The Kier molecular flexibility index (Phi) is 7.41. The number of esters is 1. The molecule has 1 saturated heterocycles. The van der Waals surface area contributed by atoms with E-state index < -0.39 is 47.4 Å². The predicted molar refractivity (Wildman–Crippen MR) is 135 cm³/mol. The number of rotatable bonds is 8. The van der Waals surface area contributed by atoms with Crippen LogP contribution in [0.5, 0.6) is 11.5 Å². The maximum Gasteiger partial charge on any atom is 0.573 e. The Morgan fingerprint density at radius 1 is 0.976 bits per heavy atom. The number of alkyl halides is 6. The van der Waals surface area contributed by atoms with E-state index in [2.05, 4.69) is 19.8 Å². The lowest BCUT2D eigenvalue weighted by Crippen LogP contribution is -2.55. The van der Waals surface area contributed by atoms with Crippen LogP contribution in [-0.4, -0.2) is 49.5 Å². The van der Waals surface area contributed by atoms with Crippen LogP contribution in [0.3, 0.4) is 0 Å². The Balaban J connectivity index is 1.32. The normalized spacial score (nSPS) is 16.3. The van der Waals surface area contributed by atoms with Gasteiger partial charge in [-0.1, -0.05) is 18.2 Å². The molecule has 1 saturated carbocycles. The van der Waals surface area contributed by atoms with E-state index in [-0.39, 0.29) is 30.2 Å². The monoisotopic (exact) mass is 595 g/mol. The molecule has 1 aromatic heterocycles. The zero-order valence-corrected chi connectivity index (χ0v) is 21.9. The van der Waals surface area contributed by atoms with E-state index >= 15 is 0 Å². The molecule has 1 N–H and O–H groups in total. The highest BCUT2D eigenvalue weighted by atomic mass is 19.4. The van der Waals surface area contributed by atoms with Gasteiger partial charge in [-0.15, -0.1) is 13.2 Å². The molecule has 0 bridgehead atoms. The number of carbonyl (C=O) groups excluding carboxylic acids is 2. The predicted octanol–water partition coefficient (Wildman–Crippen LogP) is 5.47. The van der Waals surface area contributed by atoms with Gasteiger partial charge in [-0.05, 0) is 48.7 Å². The lowest BCUT2D eigenvalue weighted by atomic mass is 10.0. The van der Waals surface area contributed by atoms with Crippen molar-refractivity contribution in [3.63, 3.8) is 0 Å². The standard InChI is InChI=1S/C28H23F6N3O5/c1-40-25(39)16-5-7-17(8-6-16)26(9-10-26)36-24(38)22-11-18(27(29,30)31)13-35-23(22)37-14-21(15-37)41-19-3-2-4-20(12-19)42-28(32,33)34/h2-8,11-13,21H,9-10,14-15H2,1H3,(H,36,38). The lowest BCUT2D eigenvalue weighted by Gasteiger charge is -2.40. The number of amides is 1. The summed E-state index contributed by atoms with van der Waals surface area (Å²) in [5, 5.41) is 2.83. The lowest BCUT2D eigenvalue weighted by molar-refractivity contribution is -0.274. The topological polar surface area (TPSA) is 90.0 Å². The van der Waals surface area contributed by atoms with Gasteiger partial charge in [0.15, 0.2) is 0 Å². The third-order valence-electron chi connectivity index (χ3n) is 6.89. The average Bonchev–Trinajstić information content (AvgIpc) is 3.69. The van der Waals surface area contributed by atoms with Gasteiger partial charge in [-0.2, -0.15) is 13.2 Å². The fourth-order valence-corrected chi connectivity index (χ4v) is 4.59. The first-order valence-corrected chi connectivity index (χ1v) is 12.6. The number of benzene rings is 2. The second kappa shape index (κ2) is 10.7. The summed E-state index contributed by atoms with van der Waals surface area (Å²) in [6.45, 7) is 0.228. The van der Waals surface area contributed by atoms with Gasteiger partial charge in [-0.3, -0.25) is 4.79 Å². The molecule has 1 aliphatic carbocycles. The van der Waals surface area contributed by atoms with E-state index in [9.17, 15) is 35.9 Å². The van der Waals surface area contributed by atoms with Crippen LogP contribution in [0.4, 0.5) is 32.2 Å². The second-order valence-corrected chi connectivity index (χ2v) is 9.87. The number of halogens is 6. The highest BCUT2D eigenvalue weighted by molar-refractivity contribution is 6.00. The molecular weight excluding hydrogens is 572 g/mol. The van der Waals surface area contributed by atoms with E-state index in [0.29, 0.717) is 30.2 Å². The minimum Gasteiger partial charge on any atom is -0.487 e. The number of ether oxygens (including phenoxy) is 3. The van der Waals surface area contributed by atoms with Crippen molar-refractivity contribution in [2.45, 2.75) is 37.0 Å². The summed E-state index contributed by atoms with van der Waals surface area (Å²) in [6, 6.07) is 12.1. The number of carbonyl (C=O) groups is 2. The van der Waals surface area contributed by atoms with Crippen LogP contribution >= 0.6 is 0 Å². The van der Waals surface area contributed by atoms with Crippen molar-refractivity contribution in [3.05, 3.63) is 83.0 Å². The molecule has 222 valence electrons. The average molecular weight is 595 g/mol. The van der Waals surface area contributed by atoms with Crippen molar-refractivity contribution in [3.8, 4) is 11.5 Å². The number of hydrogen-bond donors (Lipinski definition) is 1. The molecule has 14 heteroatoms. The molecule has 3 aromatic rings. The Morgan fingerprint density at radius 2 is 1.64 bits per heavy atom. The molecule has 2 aromatic carbocycles. The summed E-state index contributed by atoms with van der Waals surface area (Å²) in [4.78, 5) is 30.6. The van der Waals surface area contributed by atoms with Gasteiger partial charge >= 0.3 is 18.5 Å². The van der Waals surface area contributed by atoms with Crippen LogP contribution in [0, 0.1) is 0 Å². The molecule has 2 aliphatic rings. The number of anilines is 1. The van der Waals surface area contributed by atoms with Gasteiger partial charge in [0.2, 0.25) is 0 Å². The molecule has 0 atom stereocenters. The zero-order chi connectivity index (χ0) is 30.3. The summed E-state index contributed by atoms with van der Waals surface area (Å²) in [6.07, 6.45) is -8.44. The number of hydrogen-bond acceptors (Lipinski definition) is 7. The molecule has 0 spiro atoms. The fraction of sp³-hybridized carbons (Fsp3) is 0.321. The van der Waals surface area contributed by atoms with Crippen LogP contribution in [0.2, 0.25) is 0 Å². The van der Waals surface area contributed by atoms with Crippen LogP contribution in [0.15, 0.2) is 60.8 Å². The summed E-state index contributed by atoms with van der Waals surface area (Å²) in [7, 11) is 1.25. The first kappa shape index (κ1) is 29.0. The molecule has 42 heavy (non-hydrogen) atoms. The quantitative estimate of drug-likeness (QED) is 0.273. The van der Waals surface area contributed by atoms with Crippen LogP contribution in [0.1, 0.15) is 44.7 Å². The van der Waals surface area contributed by atoms with E-state index in [4.69, 9.17) is 4.74 Å². The SMILES string of the molecule is COC(=O)c1ccc(C2(NC(=O)c3cc(C(F)(F)F)cnc3N3CC(Oc4cccc(OC(F)(F)F)c4)C3)CC2)cc1. The molecule has 1 amide bonds. The van der Waals surface area contributed by atoms with Crippen molar-refractivity contribution < 1.29 is 50.1 Å². The van der Waals surface area contributed by atoms with Crippen molar-refractivity contribution in [1.29, 1.82) is 0 Å².